The Bertz CT molecular complexity index is 328. The first-order valence-corrected chi connectivity index (χ1v) is 7.89. The molecule has 0 aromatic heterocycles. The zero-order valence-corrected chi connectivity index (χ0v) is 12.8. The molecule has 6 heteroatoms. The summed E-state index contributed by atoms with van der Waals surface area (Å²) in [4.78, 5) is 0. The SMILES string of the molecule is COC(OC)[C@@H]1[C@H]2CC(O)O[C@H]2C[C@H]1OC1CCCCO1. The molecule has 1 N–H and O–H groups in total. The number of aliphatic hydroxyl groups is 1. The third-order valence-electron chi connectivity index (χ3n) is 4.91. The molecular formula is C15H26O6. The molecule has 2 unspecified atom stereocenters. The fourth-order valence-corrected chi connectivity index (χ4v) is 3.99. The lowest BCUT2D eigenvalue weighted by Gasteiger charge is -2.33. The van der Waals surface area contributed by atoms with Crippen LogP contribution in [0.2, 0.25) is 0 Å². The molecule has 3 aliphatic rings. The summed E-state index contributed by atoms with van der Waals surface area (Å²) >= 11 is 0. The summed E-state index contributed by atoms with van der Waals surface area (Å²) in [5, 5.41) is 9.72. The summed E-state index contributed by atoms with van der Waals surface area (Å²) in [5.41, 5.74) is 0. The highest BCUT2D eigenvalue weighted by atomic mass is 16.7. The van der Waals surface area contributed by atoms with E-state index < -0.39 is 6.29 Å². The van der Waals surface area contributed by atoms with E-state index in [2.05, 4.69) is 0 Å². The molecule has 0 radical (unpaired) electrons. The Balaban J connectivity index is 1.69. The van der Waals surface area contributed by atoms with Crippen LogP contribution in [0, 0.1) is 11.8 Å². The molecule has 3 rings (SSSR count). The van der Waals surface area contributed by atoms with E-state index in [1.165, 1.54) is 0 Å². The van der Waals surface area contributed by atoms with E-state index in [4.69, 9.17) is 23.7 Å². The molecule has 0 aromatic rings. The maximum Gasteiger partial charge on any atom is 0.162 e. The van der Waals surface area contributed by atoms with Gasteiger partial charge in [0.25, 0.3) is 0 Å². The second-order valence-electron chi connectivity index (χ2n) is 6.15. The van der Waals surface area contributed by atoms with Gasteiger partial charge in [-0.15, -0.1) is 0 Å². The van der Waals surface area contributed by atoms with Crippen molar-refractivity contribution in [2.24, 2.45) is 11.8 Å². The molecule has 2 aliphatic heterocycles. The average molecular weight is 302 g/mol. The predicted octanol–water partition coefficient (Wildman–Crippen LogP) is 1.26. The summed E-state index contributed by atoms with van der Waals surface area (Å²) in [6.45, 7) is 0.766. The number of rotatable bonds is 5. The highest BCUT2D eigenvalue weighted by Gasteiger charge is 2.53. The van der Waals surface area contributed by atoms with E-state index in [0.29, 0.717) is 6.42 Å². The fourth-order valence-electron chi connectivity index (χ4n) is 3.99. The van der Waals surface area contributed by atoms with Gasteiger partial charge in [0.15, 0.2) is 18.9 Å². The third kappa shape index (κ3) is 3.25. The van der Waals surface area contributed by atoms with E-state index in [9.17, 15) is 5.11 Å². The smallest absolute Gasteiger partial charge is 0.162 e. The van der Waals surface area contributed by atoms with Crippen LogP contribution in [-0.4, -0.2) is 57.0 Å². The highest BCUT2D eigenvalue weighted by molar-refractivity contribution is 4.98. The Morgan fingerprint density at radius 1 is 1.14 bits per heavy atom. The third-order valence-corrected chi connectivity index (χ3v) is 4.91. The summed E-state index contributed by atoms with van der Waals surface area (Å²) in [6, 6.07) is 0. The fraction of sp³-hybridized carbons (Fsp3) is 1.00. The topological polar surface area (TPSA) is 66.4 Å². The maximum atomic E-state index is 9.72. The van der Waals surface area contributed by atoms with E-state index in [1.807, 2.05) is 0 Å². The van der Waals surface area contributed by atoms with Gasteiger partial charge in [-0.25, -0.2) is 0 Å². The largest absolute Gasteiger partial charge is 0.368 e. The van der Waals surface area contributed by atoms with Crippen molar-refractivity contribution in [3.8, 4) is 0 Å². The van der Waals surface area contributed by atoms with Gasteiger partial charge in [0.05, 0.1) is 12.2 Å². The van der Waals surface area contributed by atoms with Crippen LogP contribution >= 0.6 is 0 Å². The molecule has 2 saturated heterocycles. The number of hydrogen-bond acceptors (Lipinski definition) is 6. The first-order valence-electron chi connectivity index (χ1n) is 7.89. The quantitative estimate of drug-likeness (QED) is 0.771. The minimum Gasteiger partial charge on any atom is -0.368 e. The van der Waals surface area contributed by atoms with E-state index in [0.717, 1.165) is 32.3 Å². The van der Waals surface area contributed by atoms with Crippen LogP contribution in [0.25, 0.3) is 0 Å². The molecular weight excluding hydrogens is 276 g/mol. The molecule has 0 spiro atoms. The molecule has 3 fully saturated rings. The van der Waals surface area contributed by atoms with Crippen molar-refractivity contribution in [1.82, 2.24) is 0 Å². The minimum absolute atomic E-state index is 0.0134. The summed E-state index contributed by atoms with van der Waals surface area (Å²) in [5.74, 6) is 0.270. The molecule has 0 amide bonds. The van der Waals surface area contributed by atoms with Crippen LogP contribution in [0.4, 0.5) is 0 Å². The second-order valence-corrected chi connectivity index (χ2v) is 6.15. The van der Waals surface area contributed by atoms with Crippen LogP contribution in [0.3, 0.4) is 0 Å². The monoisotopic (exact) mass is 302 g/mol. The van der Waals surface area contributed by atoms with Gasteiger partial charge in [-0.3, -0.25) is 0 Å². The standard InChI is InChI=1S/C15H26O6/c1-17-15(18-2)14-9-7-12(16)20-10(9)8-11(14)21-13-5-3-4-6-19-13/h9-16H,3-8H2,1-2H3/t9-,10-,11+,12?,13?,14+/m0/s1. The van der Waals surface area contributed by atoms with Gasteiger partial charge in [0, 0.05) is 45.5 Å². The Morgan fingerprint density at radius 3 is 2.62 bits per heavy atom. The predicted molar refractivity (Wildman–Crippen MR) is 73.4 cm³/mol. The van der Waals surface area contributed by atoms with Crippen LogP contribution in [0.1, 0.15) is 32.1 Å². The number of hydrogen-bond donors (Lipinski definition) is 1. The summed E-state index contributed by atoms with van der Waals surface area (Å²) < 4.78 is 28.4. The van der Waals surface area contributed by atoms with Crippen LogP contribution in [0.15, 0.2) is 0 Å². The van der Waals surface area contributed by atoms with Gasteiger partial charge in [0.1, 0.15) is 0 Å². The van der Waals surface area contributed by atoms with Crippen LogP contribution in [0.5, 0.6) is 0 Å². The Kier molecular flexibility index (Phi) is 5.14. The van der Waals surface area contributed by atoms with E-state index >= 15 is 0 Å². The van der Waals surface area contributed by atoms with Crippen molar-refractivity contribution in [2.75, 3.05) is 20.8 Å². The molecule has 1 aliphatic carbocycles. The summed E-state index contributed by atoms with van der Waals surface area (Å²) in [7, 11) is 3.28. The van der Waals surface area contributed by atoms with Crippen LogP contribution < -0.4 is 0 Å². The minimum atomic E-state index is -0.677. The molecule has 0 bridgehead atoms. The molecule has 6 atom stereocenters. The van der Waals surface area contributed by atoms with Crippen molar-refractivity contribution in [2.45, 2.75) is 63.2 Å². The summed E-state index contributed by atoms with van der Waals surface area (Å²) in [6.07, 6.45) is 3.41. The zero-order valence-electron chi connectivity index (χ0n) is 12.8. The molecule has 122 valence electrons. The van der Waals surface area contributed by atoms with Gasteiger partial charge < -0.3 is 28.8 Å². The van der Waals surface area contributed by atoms with E-state index in [1.54, 1.807) is 14.2 Å². The van der Waals surface area contributed by atoms with Crippen molar-refractivity contribution >= 4 is 0 Å². The van der Waals surface area contributed by atoms with Gasteiger partial charge in [-0.05, 0) is 19.3 Å². The molecule has 0 aromatic carbocycles. The number of methoxy groups -OCH3 is 2. The molecule has 2 heterocycles. The van der Waals surface area contributed by atoms with Gasteiger partial charge in [-0.2, -0.15) is 0 Å². The number of aliphatic hydroxyl groups excluding tert-OH is 1. The molecule has 21 heavy (non-hydrogen) atoms. The van der Waals surface area contributed by atoms with Crippen molar-refractivity contribution in [1.29, 1.82) is 0 Å². The normalized spacial score (nSPS) is 43.4. The van der Waals surface area contributed by atoms with Crippen molar-refractivity contribution < 1.29 is 28.8 Å². The molecule has 6 nitrogen and oxygen atoms in total. The lowest BCUT2D eigenvalue weighted by atomic mass is 9.91. The number of fused-ring (bicyclic) bond motifs is 1. The number of ether oxygens (including phenoxy) is 5. The van der Waals surface area contributed by atoms with Crippen molar-refractivity contribution in [3.63, 3.8) is 0 Å². The van der Waals surface area contributed by atoms with Gasteiger partial charge in [-0.1, -0.05) is 0 Å². The second kappa shape index (κ2) is 6.89. The van der Waals surface area contributed by atoms with Crippen molar-refractivity contribution in [3.05, 3.63) is 0 Å². The lowest BCUT2D eigenvalue weighted by molar-refractivity contribution is -0.228. The lowest BCUT2D eigenvalue weighted by Crippen LogP contribution is -2.39. The maximum absolute atomic E-state index is 9.72. The molecule has 1 saturated carbocycles. The van der Waals surface area contributed by atoms with Gasteiger partial charge >= 0.3 is 0 Å². The van der Waals surface area contributed by atoms with Gasteiger partial charge in [0.2, 0.25) is 0 Å². The Morgan fingerprint density at radius 2 is 1.95 bits per heavy atom. The van der Waals surface area contributed by atoms with E-state index in [-0.39, 0.29) is 36.6 Å². The Hall–Kier alpha value is -0.240. The first-order chi connectivity index (χ1) is 10.2. The zero-order chi connectivity index (χ0) is 14.8. The first kappa shape index (κ1) is 15.6. The average Bonchev–Trinajstić information content (AvgIpc) is 2.99. The van der Waals surface area contributed by atoms with Crippen LogP contribution in [-0.2, 0) is 23.7 Å². The highest BCUT2D eigenvalue weighted by Crippen LogP contribution is 2.46. The Labute approximate surface area is 125 Å².